The lowest BCUT2D eigenvalue weighted by atomic mass is 10.3. The quantitative estimate of drug-likeness (QED) is 0.551. The van der Waals surface area contributed by atoms with Crippen molar-refractivity contribution in [3.63, 3.8) is 0 Å². The van der Waals surface area contributed by atoms with Gasteiger partial charge in [-0.05, 0) is 30.9 Å². The highest BCUT2D eigenvalue weighted by molar-refractivity contribution is 7.82. The molecule has 44 valence electrons. The lowest BCUT2D eigenvalue weighted by Gasteiger charge is -1.82. The van der Waals surface area contributed by atoms with Crippen LogP contribution in [0.15, 0.2) is 4.21 Å². The summed E-state index contributed by atoms with van der Waals surface area (Å²) < 4.78 is 5.11. The van der Waals surface area contributed by atoms with Gasteiger partial charge in [-0.1, -0.05) is 0 Å². The van der Waals surface area contributed by atoms with Crippen molar-refractivity contribution < 1.29 is 0 Å². The van der Waals surface area contributed by atoms with Crippen LogP contribution in [0.3, 0.4) is 0 Å². The summed E-state index contributed by atoms with van der Waals surface area (Å²) >= 11 is 5.62. The summed E-state index contributed by atoms with van der Waals surface area (Å²) in [5, 5.41) is 0. The molecule has 0 radical (unpaired) electrons. The van der Waals surface area contributed by atoms with Crippen molar-refractivity contribution in [3.8, 4) is 0 Å². The third-order valence-electron chi connectivity index (χ3n) is 1.13. The fourth-order valence-corrected chi connectivity index (χ4v) is 1.33. The van der Waals surface area contributed by atoms with Crippen molar-refractivity contribution in [1.29, 1.82) is 0 Å². The molecule has 0 N–H and O–H groups in total. The largest absolute Gasteiger partial charge is 0.197 e. The highest BCUT2D eigenvalue weighted by atomic mass is 32.2. The molecule has 0 atom stereocenters. The number of aryl methyl sites for hydroxylation is 1. The number of nitrogens with zero attached hydrogens (tertiary/aromatic N) is 1. The van der Waals surface area contributed by atoms with Gasteiger partial charge in [0.05, 0.1) is 9.90 Å². The first-order valence-electron chi connectivity index (χ1n) is 2.33. The zero-order valence-electron chi connectivity index (χ0n) is 4.80. The van der Waals surface area contributed by atoms with Crippen LogP contribution in [0.4, 0.5) is 0 Å². The van der Waals surface area contributed by atoms with Gasteiger partial charge in [0, 0.05) is 0 Å². The maximum atomic E-state index is 4.17. The molecule has 0 aliphatic heterocycles. The first kappa shape index (κ1) is 6.11. The maximum Gasteiger partial charge on any atom is 0.0807 e. The molecule has 0 saturated carbocycles. The van der Waals surface area contributed by atoms with Gasteiger partial charge in [-0.2, -0.15) is 4.37 Å². The van der Waals surface area contributed by atoms with Crippen LogP contribution in [-0.4, -0.2) is 4.37 Å². The molecule has 0 aromatic carbocycles. The number of rotatable bonds is 0. The molecule has 1 nitrogen and oxygen atoms in total. The second-order valence-corrected chi connectivity index (χ2v) is 3.22. The van der Waals surface area contributed by atoms with Crippen LogP contribution in [0.5, 0.6) is 0 Å². The Labute approximate surface area is 58.3 Å². The number of aromatic nitrogens is 1. The van der Waals surface area contributed by atoms with E-state index < -0.39 is 0 Å². The summed E-state index contributed by atoms with van der Waals surface area (Å²) in [6.07, 6.45) is 0. The normalized spacial score (nSPS) is 9.88. The summed E-state index contributed by atoms with van der Waals surface area (Å²) in [6, 6.07) is 0. The van der Waals surface area contributed by atoms with E-state index in [4.69, 9.17) is 0 Å². The van der Waals surface area contributed by atoms with Gasteiger partial charge in [-0.15, -0.1) is 12.6 Å². The SMILES string of the molecule is Cc1nsc(S)c1C. The van der Waals surface area contributed by atoms with Crippen LogP contribution in [0, 0.1) is 13.8 Å². The number of hydrogen-bond acceptors (Lipinski definition) is 3. The molecule has 1 aromatic heterocycles. The molecular formula is C5H7NS2. The van der Waals surface area contributed by atoms with Crippen molar-refractivity contribution in [2.24, 2.45) is 0 Å². The minimum Gasteiger partial charge on any atom is -0.197 e. The van der Waals surface area contributed by atoms with E-state index in [2.05, 4.69) is 17.0 Å². The molecule has 1 heterocycles. The van der Waals surface area contributed by atoms with Gasteiger partial charge in [0.25, 0.3) is 0 Å². The van der Waals surface area contributed by atoms with Gasteiger partial charge in [0.2, 0.25) is 0 Å². The third-order valence-corrected chi connectivity index (χ3v) is 2.56. The van der Waals surface area contributed by atoms with E-state index in [1.165, 1.54) is 17.1 Å². The molecule has 0 aliphatic carbocycles. The highest BCUT2D eigenvalue weighted by Gasteiger charge is 1.98. The lowest BCUT2D eigenvalue weighted by Crippen LogP contribution is -1.71. The zero-order valence-corrected chi connectivity index (χ0v) is 6.51. The van der Waals surface area contributed by atoms with Crippen molar-refractivity contribution in [3.05, 3.63) is 11.3 Å². The molecule has 1 rings (SSSR count). The first-order valence-corrected chi connectivity index (χ1v) is 3.55. The molecule has 0 fully saturated rings. The van der Waals surface area contributed by atoms with Crippen LogP contribution in [-0.2, 0) is 0 Å². The first-order chi connectivity index (χ1) is 3.72. The van der Waals surface area contributed by atoms with E-state index in [1.807, 2.05) is 13.8 Å². The topological polar surface area (TPSA) is 12.9 Å². The molecule has 0 saturated heterocycles. The number of hydrogen-bond donors (Lipinski definition) is 1. The third kappa shape index (κ3) is 0.880. The molecule has 0 unspecified atom stereocenters. The summed E-state index contributed by atoms with van der Waals surface area (Å²) in [4.78, 5) is 0. The van der Waals surface area contributed by atoms with Crippen LogP contribution in [0.25, 0.3) is 0 Å². The molecule has 0 bridgehead atoms. The summed E-state index contributed by atoms with van der Waals surface area (Å²) in [7, 11) is 0. The predicted molar refractivity (Wildman–Crippen MR) is 38.8 cm³/mol. The lowest BCUT2D eigenvalue weighted by molar-refractivity contribution is 1.25. The molecule has 3 heteroatoms. The summed E-state index contributed by atoms with van der Waals surface area (Å²) in [5.74, 6) is 0. The second-order valence-electron chi connectivity index (χ2n) is 1.70. The summed E-state index contributed by atoms with van der Waals surface area (Å²) in [5.41, 5.74) is 2.30. The Hall–Kier alpha value is -0.0200. The van der Waals surface area contributed by atoms with Crippen molar-refractivity contribution in [2.45, 2.75) is 18.1 Å². The Bertz CT molecular complexity index is 173. The van der Waals surface area contributed by atoms with Crippen molar-refractivity contribution in [2.75, 3.05) is 0 Å². The average Bonchev–Trinajstić information content (AvgIpc) is 1.98. The smallest absolute Gasteiger partial charge is 0.0807 e. The average molecular weight is 145 g/mol. The molecular weight excluding hydrogens is 138 g/mol. The van der Waals surface area contributed by atoms with Crippen molar-refractivity contribution in [1.82, 2.24) is 4.37 Å². The van der Waals surface area contributed by atoms with E-state index in [0.29, 0.717) is 0 Å². The highest BCUT2D eigenvalue weighted by Crippen LogP contribution is 2.19. The minimum absolute atomic E-state index is 1.03. The Kier molecular flexibility index (Phi) is 1.58. The van der Waals surface area contributed by atoms with Crippen molar-refractivity contribution >= 4 is 24.2 Å². The van der Waals surface area contributed by atoms with Crippen LogP contribution >= 0.6 is 24.2 Å². The molecule has 0 spiro atoms. The van der Waals surface area contributed by atoms with Gasteiger partial charge in [-0.25, -0.2) is 0 Å². The van der Waals surface area contributed by atoms with Gasteiger partial charge in [-0.3, -0.25) is 0 Å². The predicted octanol–water partition coefficient (Wildman–Crippen LogP) is 2.05. The van der Waals surface area contributed by atoms with E-state index in [9.17, 15) is 0 Å². The monoisotopic (exact) mass is 145 g/mol. The Morgan fingerprint density at radius 1 is 1.50 bits per heavy atom. The fraction of sp³-hybridized carbons (Fsp3) is 0.400. The van der Waals surface area contributed by atoms with Gasteiger partial charge >= 0.3 is 0 Å². The van der Waals surface area contributed by atoms with Crippen LogP contribution in [0.2, 0.25) is 0 Å². The van der Waals surface area contributed by atoms with E-state index in [-0.39, 0.29) is 0 Å². The zero-order chi connectivity index (χ0) is 6.15. The fourth-order valence-electron chi connectivity index (χ4n) is 0.403. The van der Waals surface area contributed by atoms with Gasteiger partial charge < -0.3 is 0 Å². The maximum absolute atomic E-state index is 4.17. The molecule has 0 amide bonds. The minimum atomic E-state index is 1.03. The van der Waals surface area contributed by atoms with Crippen LogP contribution in [0.1, 0.15) is 11.3 Å². The number of thiol groups is 1. The standard InChI is InChI=1S/C5H7NS2/c1-3-4(2)6-8-5(3)7/h7H,1-2H3. The van der Waals surface area contributed by atoms with Crippen LogP contribution < -0.4 is 0 Å². The molecule has 1 aromatic rings. The summed E-state index contributed by atoms with van der Waals surface area (Å²) in [6.45, 7) is 4.02. The van der Waals surface area contributed by atoms with Gasteiger partial charge in [0.15, 0.2) is 0 Å². The second kappa shape index (κ2) is 2.07. The molecule has 8 heavy (non-hydrogen) atoms. The Morgan fingerprint density at radius 3 is 2.25 bits per heavy atom. The Morgan fingerprint density at radius 2 is 2.12 bits per heavy atom. The van der Waals surface area contributed by atoms with E-state index >= 15 is 0 Å². The van der Waals surface area contributed by atoms with E-state index in [1.54, 1.807) is 0 Å². The Balaban J connectivity index is 3.19. The van der Waals surface area contributed by atoms with Gasteiger partial charge in [0.1, 0.15) is 0 Å². The molecule has 0 aliphatic rings. The van der Waals surface area contributed by atoms with E-state index in [0.717, 1.165) is 9.90 Å².